The normalized spacial score (nSPS) is 16.6. The predicted octanol–water partition coefficient (Wildman–Crippen LogP) is 4.28. The largest absolute Gasteiger partial charge is 0.416 e. The van der Waals surface area contributed by atoms with Crippen LogP contribution in [0, 0.1) is 0 Å². The SMILES string of the molecule is CSc1ccccc1C(=O)Nc1cc(C(=O)N2CCCC2CO)cc(C(F)(F)F)c1. The fourth-order valence-electron chi connectivity index (χ4n) is 3.48. The molecule has 0 aromatic heterocycles. The molecule has 1 unspecified atom stereocenters. The fraction of sp³-hybridized carbons (Fsp3) is 0.333. The maximum absolute atomic E-state index is 13.4. The van der Waals surface area contributed by atoms with E-state index in [2.05, 4.69) is 5.32 Å². The highest BCUT2D eigenvalue weighted by atomic mass is 32.2. The number of aliphatic hydroxyl groups excluding tert-OH is 1. The highest BCUT2D eigenvalue weighted by Gasteiger charge is 2.34. The van der Waals surface area contributed by atoms with Crippen LogP contribution in [0.3, 0.4) is 0 Å². The summed E-state index contributed by atoms with van der Waals surface area (Å²) in [6.45, 7) is 0.114. The van der Waals surface area contributed by atoms with E-state index < -0.39 is 29.6 Å². The van der Waals surface area contributed by atoms with Crippen LogP contribution in [0.4, 0.5) is 18.9 Å². The van der Waals surface area contributed by atoms with E-state index in [1.54, 1.807) is 30.5 Å². The standard InChI is InChI=1S/C21H21F3N2O3S/c1-30-18-7-3-2-6-17(18)19(28)25-15-10-13(9-14(11-15)21(22,23)24)20(29)26-8-4-5-16(26)12-27/h2-3,6-7,9-11,16,27H,4-5,8,12H2,1H3,(H,25,28). The van der Waals surface area contributed by atoms with Crippen molar-refractivity contribution in [2.75, 3.05) is 24.7 Å². The summed E-state index contributed by atoms with van der Waals surface area (Å²) in [5, 5.41) is 11.9. The second-order valence-corrected chi connectivity index (χ2v) is 7.78. The van der Waals surface area contributed by atoms with Crippen LogP contribution >= 0.6 is 11.8 Å². The smallest absolute Gasteiger partial charge is 0.394 e. The van der Waals surface area contributed by atoms with Gasteiger partial charge in [0, 0.05) is 22.7 Å². The molecule has 1 saturated heterocycles. The number of alkyl halides is 3. The van der Waals surface area contributed by atoms with Gasteiger partial charge >= 0.3 is 6.18 Å². The fourth-order valence-corrected chi connectivity index (χ4v) is 4.07. The number of amides is 2. The van der Waals surface area contributed by atoms with Crippen molar-refractivity contribution in [3.8, 4) is 0 Å². The first-order valence-electron chi connectivity index (χ1n) is 9.33. The van der Waals surface area contributed by atoms with E-state index in [1.165, 1.54) is 22.7 Å². The molecule has 5 nitrogen and oxygen atoms in total. The summed E-state index contributed by atoms with van der Waals surface area (Å²) in [7, 11) is 0. The third-order valence-corrected chi connectivity index (χ3v) is 5.76. The summed E-state index contributed by atoms with van der Waals surface area (Å²) in [5.41, 5.74) is -0.996. The first-order valence-corrected chi connectivity index (χ1v) is 10.6. The molecule has 0 spiro atoms. The minimum absolute atomic E-state index is 0.117. The van der Waals surface area contributed by atoms with E-state index in [4.69, 9.17) is 0 Å². The average Bonchev–Trinajstić information content (AvgIpc) is 3.21. The molecule has 2 amide bonds. The molecule has 9 heteroatoms. The number of thioether (sulfide) groups is 1. The first-order chi connectivity index (χ1) is 14.2. The molecule has 1 atom stereocenters. The predicted molar refractivity (Wildman–Crippen MR) is 109 cm³/mol. The Morgan fingerprint density at radius 2 is 1.97 bits per heavy atom. The number of likely N-dealkylation sites (tertiary alicyclic amines) is 1. The average molecular weight is 438 g/mol. The van der Waals surface area contributed by atoms with Crippen LogP contribution in [0.1, 0.15) is 39.1 Å². The molecule has 1 heterocycles. The number of hydrogen-bond acceptors (Lipinski definition) is 4. The third-order valence-electron chi connectivity index (χ3n) is 4.97. The van der Waals surface area contributed by atoms with Gasteiger partial charge in [0.25, 0.3) is 11.8 Å². The summed E-state index contributed by atoms with van der Waals surface area (Å²) in [6, 6.07) is 9.16. The van der Waals surface area contributed by atoms with E-state index in [0.29, 0.717) is 29.8 Å². The zero-order chi connectivity index (χ0) is 21.9. The van der Waals surface area contributed by atoms with Crippen molar-refractivity contribution in [2.24, 2.45) is 0 Å². The number of nitrogens with one attached hydrogen (secondary N) is 1. The second kappa shape index (κ2) is 9.09. The van der Waals surface area contributed by atoms with Gasteiger partial charge in [0.1, 0.15) is 0 Å². The lowest BCUT2D eigenvalue weighted by molar-refractivity contribution is -0.137. The molecular weight excluding hydrogens is 417 g/mol. The zero-order valence-corrected chi connectivity index (χ0v) is 17.0. The molecule has 0 aliphatic carbocycles. The van der Waals surface area contributed by atoms with Crippen LogP contribution in [0.25, 0.3) is 0 Å². The maximum Gasteiger partial charge on any atom is 0.416 e. The molecule has 0 saturated carbocycles. The van der Waals surface area contributed by atoms with Crippen molar-refractivity contribution in [3.63, 3.8) is 0 Å². The number of carbonyl (C=O) groups is 2. The van der Waals surface area contributed by atoms with E-state index in [-0.39, 0.29) is 17.9 Å². The molecule has 3 rings (SSSR count). The number of benzene rings is 2. The van der Waals surface area contributed by atoms with Gasteiger partial charge in [-0.05, 0) is 49.4 Å². The number of rotatable bonds is 5. The first kappa shape index (κ1) is 22.2. The second-order valence-electron chi connectivity index (χ2n) is 6.93. The molecule has 0 bridgehead atoms. The lowest BCUT2D eigenvalue weighted by atomic mass is 10.1. The lowest BCUT2D eigenvalue weighted by Gasteiger charge is -2.24. The third kappa shape index (κ3) is 4.79. The van der Waals surface area contributed by atoms with E-state index in [1.807, 2.05) is 0 Å². The van der Waals surface area contributed by atoms with Crippen LogP contribution < -0.4 is 5.32 Å². The van der Waals surface area contributed by atoms with Crippen LogP contribution in [0.2, 0.25) is 0 Å². The van der Waals surface area contributed by atoms with Gasteiger partial charge in [0.05, 0.1) is 23.8 Å². The molecule has 1 fully saturated rings. The Labute approximate surface area is 176 Å². The summed E-state index contributed by atoms with van der Waals surface area (Å²) in [5.74, 6) is -1.16. The quantitative estimate of drug-likeness (QED) is 0.684. The van der Waals surface area contributed by atoms with Crippen molar-refractivity contribution in [1.82, 2.24) is 4.90 Å². The molecule has 160 valence electrons. The van der Waals surface area contributed by atoms with Gasteiger partial charge in [-0.2, -0.15) is 13.2 Å². The summed E-state index contributed by atoms with van der Waals surface area (Å²) < 4.78 is 40.3. The van der Waals surface area contributed by atoms with Crippen molar-refractivity contribution in [1.29, 1.82) is 0 Å². The van der Waals surface area contributed by atoms with Gasteiger partial charge in [-0.1, -0.05) is 12.1 Å². The monoisotopic (exact) mass is 438 g/mol. The molecule has 2 N–H and O–H groups in total. The molecule has 2 aromatic carbocycles. The number of halogens is 3. The van der Waals surface area contributed by atoms with Crippen molar-refractivity contribution < 1.29 is 27.9 Å². The summed E-state index contributed by atoms with van der Waals surface area (Å²) in [6.07, 6.45) is -1.63. The number of anilines is 1. The Kier molecular flexibility index (Phi) is 6.72. The Morgan fingerprint density at radius 3 is 2.63 bits per heavy atom. The van der Waals surface area contributed by atoms with E-state index in [9.17, 15) is 27.9 Å². The Hall–Kier alpha value is -2.52. The molecule has 2 aromatic rings. The van der Waals surface area contributed by atoms with Crippen LogP contribution in [0.15, 0.2) is 47.4 Å². The number of nitrogens with zero attached hydrogens (tertiary/aromatic N) is 1. The molecule has 30 heavy (non-hydrogen) atoms. The lowest BCUT2D eigenvalue weighted by Crippen LogP contribution is -2.37. The van der Waals surface area contributed by atoms with Gasteiger partial charge in [-0.15, -0.1) is 11.8 Å². The molecule has 1 aliphatic heterocycles. The minimum atomic E-state index is -4.69. The topological polar surface area (TPSA) is 69.6 Å². The summed E-state index contributed by atoms with van der Waals surface area (Å²) in [4.78, 5) is 27.6. The van der Waals surface area contributed by atoms with Gasteiger partial charge in [0.2, 0.25) is 0 Å². The molecule has 1 aliphatic rings. The number of hydrogen-bond donors (Lipinski definition) is 2. The van der Waals surface area contributed by atoms with Crippen molar-refractivity contribution in [2.45, 2.75) is 30.0 Å². The Balaban J connectivity index is 1.95. The molecular formula is C21H21F3N2O3S. The Morgan fingerprint density at radius 1 is 1.23 bits per heavy atom. The van der Waals surface area contributed by atoms with Gasteiger partial charge in [-0.3, -0.25) is 9.59 Å². The highest BCUT2D eigenvalue weighted by molar-refractivity contribution is 7.98. The van der Waals surface area contributed by atoms with Crippen LogP contribution in [-0.4, -0.2) is 47.3 Å². The van der Waals surface area contributed by atoms with Gasteiger partial charge in [0.15, 0.2) is 0 Å². The van der Waals surface area contributed by atoms with E-state index >= 15 is 0 Å². The molecule has 0 radical (unpaired) electrons. The minimum Gasteiger partial charge on any atom is -0.394 e. The Bertz CT molecular complexity index is 949. The maximum atomic E-state index is 13.4. The summed E-state index contributed by atoms with van der Waals surface area (Å²) >= 11 is 1.34. The van der Waals surface area contributed by atoms with Crippen LogP contribution in [-0.2, 0) is 6.18 Å². The number of aliphatic hydroxyl groups is 1. The van der Waals surface area contributed by atoms with E-state index in [0.717, 1.165) is 12.1 Å². The van der Waals surface area contributed by atoms with Crippen molar-refractivity contribution in [3.05, 3.63) is 59.2 Å². The zero-order valence-electron chi connectivity index (χ0n) is 16.2. The number of carbonyl (C=O) groups excluding carboxylic acids is 2. The van der Waals surface area contributed by atoms with Crippen molar-refractivity contribution >= 4 is 29.3 Å². The highest BCUT2D eigenvalue weighted by Crippen LogP contribution is 2.33. The van der Waals surface area contributed by atoms with Gasteiger partial charge in [-0.25, -0.2) is 0 Å². The van der Waals surface area contributed by atoms with Gasteiger partial charge < -0.3 is 15.3 Å². The van der Waals surface area contributed by atoms with Crippen LogP contribution in [0.5, 0.6) is 0 Å².